The quantitative estimate of drug-likeness (QED) is 0.395. The van der Waals surface area contributed by atoms with E-state index >= 15 is 0 Å². The lowest BCUT2D eigenvalue weighted by atomic mass is 10.2. The fourth-order valence-corrected chi connectivity index (χ4v) is 3.97. The third kappa shape index (κ3) is 5.16. The van der Waals surface area contributed by atoms with Gasteiger partial charge in [-0.3, -0.25) is 14.7 Å². The van der Waals surface area contributed by atoms with Crippen molar-refractivity contribution in [3.63, 3.8) is 0 Å². The highest BCUT2D eigenvalue weighted by atomic mass is 32.1. The summed E-state index contributed by atoms with van der Waals surface area (Å²) in [4.78, 5) is 23.4. The Morgan fingerprint density at radius 1 is 1.10 bits per heavy atom. The lowest BCUT2D eigenvalue weighted by molar-refractivity contribution is -0.120. The predicted octanol–water partition coefficient (Wildman–Crippen LogP) is 4.84. The number of hydrogen-bond acceptors (Lipinski definition) is 6. The zero-order chi connectivity index (χ0) is 21.6. The van der Waals surface area contributed by atoms with Gasteiger partial charge in [0.15, 0.2) is 11.7 Å². The topological polar surface area (TPSA) is 64.5 Å². The Bertz CT molecular complexity index is 1170. The van der Waals surface area contributed by atoms with Gasteiger partial charge in [-0.25, -0.2) is 9.37 Å². The zero-order valence-electron chi connectivity index (χ0n) is 16.8. The van der Waals surface area contributed by atoms with Crippen molar-refractivity contribution in [1.29, 1.82) is 0 Å². The van der Waals surface area contributed by atoms with Crippen LogP contribution in [0.25, 0.3) is 10.2 Å². The SMILES string of the molecule is CCOc1ccc2nc(N(Cc3cccnc3)C(=O)COc3ccc(F)cc3)sc2c1. The van der Waals surface area contributed by atoms with Gasteiger partial charge in [0.25, 0.3) is 5.91 Å². The molecule has 2 heterocycles. The Morgan fingerprint density at radius 3 is 2.65 bits per heavy atom. The van der Waals surface area contributed by atoms with Gasteiger partial charge in [0.1, 0.15) is 17.3 Å². The average Bonchev–Trinajstić information content (AvgIpc) is 3.21. The van der Waals surface area contributed by atoms with E-state index in [-0.39, 0.29) is 18.3 Å². The lowest BCUT2D eigenvalue weighted by Gasteiger charge is -2.20. The van der Waals surface area contributed by atoms with Gasteiger partial charge in [-0.1, -0.05) is 17.4 Å². The van der Waals surface area contributed by atoms with Crippen LogP contribution in [0, 0.1) is 5.82 Å². The molecule has 31 heavy (non-hydrogen) atoms. The molecule has 0 N–H and O–H groups in total. The molecule has 0 atom stereocenters. The molecule has 0 radical (unpaired) electrons. The second kappa shape index (κ2) is 9.53. The van der Waals surface area contributed by atoms with Gasteiger partial charge in [0, 0.05) is 12.4 Å². The normalized spacial score (nSPS) is 10.8. The van der Waals surface area contributed by atoms with Crippen LogP contribution in [0.3, 0.4) is 0 Å². The van der Waals surface area contributed by atoms with Crippen LogP contribution in [0.4, 0.5) is 9.52 Å². The zero-order valence-corrected chi connectivity index (χ0v) is 17.6. The first kappa shape index (κ1) is 20.7. The Labute approximate surface area is 182 Å². The van der Waals surface area contributed by atoms with E-state index in [0.29, 0.717) is 24.0 Å². The lowest BCUT2D eigenvalue weighted by Crippen LogP contribution is -2.34. The Balaban J connectivity index is 1.59. The maximum Gasteiger partial charge on any atom is 0.267 e. The highest BCUT2D eigenvalue weighted by Crippen LogP contribution is 2.32. The minimum absolute atomic E-state index is 0.202. The Kier molecular flexibility index (Phi) is 6.37. The molecular formula is C23H20FN3O3S. The van der Waals surface area contributed by atoms with Crippen molar-refractivity contribution in [3.05, 3.63) is 78.4 Å². The van der Waals surface area contributed by atoms with Gasteiger partial charge in [-0.2, -0.15) is 0 Å². The summed E-state index contributed by atoms with van der Waals surface area (Å²) in [6.07, 6.45) is 3.39. The Hall–Kier alpha value is -3.52. The number of thiazole rings is 1. The van der Waals surface area contributed by atoms with Crippen molar-refractivity contribution in [2.24, 2.45) is 0 Å². The number of aromatic nitrogens is 2. The van der Waals surface area contributed by atoms with E-state index in [1.54, 1.807) is 17.3 Å². The minimum Gasteiger partial charge on any atom is -0.494 e. The fraction of sp³-hybridized carbons (Fsp3) is 0.174. The number of anilines is 1. The number of rotatable bonds is 8. The fourth-order valence-electron chi connectivity index (χ4n) is 2.96. The molecule has 1 amide bonds. The molecule has 0 aliphatic rings. The molecule has 4 rings (SSSR count). The highest BCUT2D eigenvalue weighted by molar-refractivity contribution is 7.22. The first-order valence-corrected chi connectivity index (χ1v) is 10.5. The predicted molar refractivity (Wildman–Crippen MR) is 118 cm³/mol. The van der Waals surface area contributed by atoms with E-state index in [4.69, 9.17) is 9.47 Å². The summed E-state index contributed by atoms with van der Waals surface area (Å²) >= 11 is 1.41. The molecular weight excluding hydrogens is 417 g/mol. The van der Waals surface area contributed by atoms with Crippen molar-refractivity contribution < 1.29 is 18.7 Å². The molecule has 0 bridgehead atoms. The molecule has 2 aromatic carbocycles. The summed E-state index contributed by atoms with van der Waals surface area (Å²) in [6, 6.07) is 14.9. The van der Waals surface area contributed by atoms with Crippen LogP contribution in [0.1, 0.15) is 12.5 Å². The van der Waals surface area contributed by atoms with Crippen molar-refractivity contribution in [1.82, 2.24) is 9.97 Å². The molecule has 0 unspecified atom stereocenters. The molecule has 0 fully saturated rings. The van der Waals surface area contributed by atoms with Gasteiger partial charge in [0.05, 0.1) is 23.4 Å². The largest absolute Gasteiger partial charge is 0.494 e. The maximum atomic E-state index is 13.1. The van der Waals surface area contributed by atoms with Gasteiger partial charge in [-0.05, 0) is 61.0 Å². The number of ether oxygens (including phenoxy) is 2. The van der Waals surface area contributed by atoms with Crippen molar-refractivity contribution in [2.75, 3.05) is 18.1 Å². The molecule has 0 spiro atoms. The first-order valence-electron chi connectivity index (χ1n) is 9.73. The van der Waals surface area contributed by atoms with Gasteiger partial charge in [0.2, 0.25) is 0 Å². The molecule has 0 saturated carbocycles. The maximum absolute atomic E-state index is 13.1. The van der Waals surface area contributed by atoms with Crippen LogP contribution in [0.5, 0.6) is 11.5 Å². The van der Waals surface area contributed by atoms with Crippen LogP contribution < -0.4 is 14.4 Å². The standard InChI is InChI=1S/C23H20FN3O3S/c1-2-29-19-9-10-20-21(12-19)31-23(26-20)27(14-16-4-3-11-25-13-16)22(28)15-30-18-7-5-17(24)6-8-18/h3-13H,2,14-15H2,1H3. The summed E-state index contributed by atoms with van der Waals surface area (Å²) in [5.41, 5.74) is 1.65. The minimum atomic E-state index is -0.363. The van der Waals surface area contributed by atoms with Crippen molar-refractivity contribution in [3.8, 4) is 11.5 Å². The molecule has 0 saturated heterocycles. The Morgan fingerprint density at radius 2 is 1.90 bits per heavy atom. The highest BCUT2D eigenvalue weighted by Gasteiger charge is 2.21. The van der Waals surface area contributed by atoms with E-state index in [1.807, 2.05) is 37.3 Å². The summed E-state index contributed by atoms with van der Waals surface area (Å²) < 4.78 is 25.2. The van der Waals surface area contributed by atoms with Gasteiger partial charge in [-0.15, -0.1) is 0 Å². The third-order valence-corrected chi connectivity index (χ3v) is 5.47. The smallest absolute Gasteiger partial charge is 0.267 e. The number of pyridine rings is 1. The number of hydrogen-bond donors (Lipinski definition) is 0. The number of carbonyl (C=O) groups is 1. The molecule has 0 aliphatic heterocycles. The second-order valence-corrected chi connectivity index (χ2v) is 7.65. The third-order valence-electron chi connectivity index (χ3n) is 4.43. The number of halogens is 1. The van der Waals surface area contributed by atoms with Crippen LogP contribution in [-0.2, 0) is 11.3 Å². The summed E-state index contributed by atoms with van der Waals surface area (Å²) in [6.45, 7) is 2.60. The van der Waals surface area contributed by atoms with Crippen LogP contribution in [0.15, 0.2) is 67.0 Å². The molecule has 158 valence electrons. The first-order chi connectivity index (χ1) is 15.1. The summed E-state index contributed by atoms with van der Waals surface area (Å²) in [5.74, 6) is 0.548. The van der Waals surface area contributed by atoms with Crippen molar-refractivity contribution >= 4 is 32.6 Å². The van der Waals surface area contributed by atoms with E-state index in [9.17, 15) is 9.18 Å². The summed E-state index contributed by atoms with van der Waals surface area (Å²) in [7, 11) is 0. The van der Waals surface area contributed by atoms with Crippen LogP contribution in [-0.4, -0.2) is 29.1 Å². The number of nitrogens with zero attached hydrogens (tertiary/aromatic N) is 3. The molecule has 0 aliphatic carbocycles. The van der Waals surface area contributed by atoms with Crippen LogP contribution >= 0.6 is 11.3 Å². The van der Waals surface area contributed by atoms with E-state index in [1.165, 1.54) is 35.6 Å². The van der Waals surface area contributed by atoms with E-state index in [2.05, 4.69) is 9.97 Å². The van der Waals surface area contributed by atoms with Crippen molar-refractivity contribution in [2.45, 2.75) is 13.5 Å². The van der Waals surface area contributed by atoms with Crippen LogP contribution in [0.2, 0.25) is 0 Å². The average molecular weight is 437 g/mol. The second-order valence-electron chi connectivity index (χ2n) is 6.64. The van der Waals surface area contributed by atoms with Gasteiger partial charge >= 0.3 is 0 Å². The molecule has 4 aromatic rings. The summed E-state index contributed by atoms with van der Waals surface area (Å²) in [5, 5.41) is 0.556. The molecule has 2 aromatic heterocycles. The number of fused-ring (bicyclic) bond motifs is 1. The number of benzene rings is 2. The molecule has 6 nitrogen and oxygen atoms in total. The van der Waals surface area contributed by atoms with Gasteiger partial charge < -0.3 is 9.47 Å². The number of amides is 1. The van der Waals surface area contributed by atoms with E-state index < -0.39 is 0 Å². The number of carbonyl (C=O) groups excluding carboxylic acids is 1. The monoisotopic (exact) mass is 437 g/mol. The van der Waals surface area contributed by atoms with E-state index in [0.717, 1.165) is 21.5 Å². The molecule has 8 heteroatoms.